The molecule has 0 fully saturated rings. The van der Waals surface area contributed by atoms with Crippen LogP contribution in [0.3, 0.4) is 0 Å². The van der Waals surface area contributed by atoms with E-state index in [1.165, 1.54) is 6.20 Å². The van der Waals surface area contributed by atoms with Crippen molar-refractivity contribution in [3.05, 3.63) is 11.1 Å². The van der Waals surface area contributed by atoms with Crippen LogP contribution in [0, 0.1) is 12.3 Å². The van der Waals surface area contributed by atoms with Crippen LogP contribution in [0.5, 0.6) is 0 Å². The minimum Gasteiger partial charge on any atom is -0.477 e. The van der Waals surface area contributed by atoms with Crippen LogP contribution in [-0.2, 0) is 0 Å². The third-order valence-electron chi connectivity index (χ3n) is 1.49. The van der Waals surface area contributed by atoms with Crippen LogP contribution in [0.15, 0.2) is 6.20 Å². The molecule has 0 aliphatic carbocycles. The van der Waals surface area contributed by atoms with Crippen LogP contribution in [0.2, 0.25) is 0 Å². The smallest absolute Gasteiger partial charge is 0.347 e. The zero-order valence-corrected chi connectivity index (χ0v) is 8.30. The van der Waals surface area contributed by atoms with Gasteiger partial charge >= 0.3 is 5.97 Å². The Morgan fingerprint density at radius 1 is 1.79 bits per heavy atom. The van der Waals surface area contributed by atoms with Crippen LogP contribution in [0.1, 0.15) is 22.5 Å². The standard InChI is InChI=1S/C9H10N2O2S/c1-2-3-4-5-10-9-11-6-7(14-9)8(12)13/h1,6H,3-5H2,(H,10,11)(H,12,13). The first kappa shape index (κ1) is 10.5. The van der Waals surface area contributed by atoms with Gasteiger partial charge in [-0.15, -0.1) is 12.3 Å². The monoisotopic (exact) mass is 210 g/mol. The average molecular weight is 210 g/mol. The third-order valence-corrected chi connectivity index (χ3v) is 2.43. The summed E-state index contributed by atoms with van der Waals surface area (Å²) in [4.78, 5) is 14.7. The Morgan fingerprint density at radius 3 is 3.14 bits per heavy atom. The molecule has 0 aliphatic heterocycles. The SMILES string of the molecule is C#CCCCNc1ncc(C(=O)O)s1. The van der Waals surface area contributed by atoms with Crippen molar-refractivity contribution in [2.75, 3.05) is 11.9 Å². The maximum atomic E-state index is 10.5. The summed E-state index contributed by atoms with van der Waals surface area (Å²) in [7, 11) is 0. The van der Waals surface area contributed by atoms with Crippen molar-refractivity contribution in [2.24, 2.45) is 0 Å². The first-order valence-corrected chi connectivity index (χ1v) is 4.92. The van der Waals surface area contributed by atoms with E-state index in [0.29, 0.717) is 11.6 Å². The highest BCUT2D eigenvalue weighted by Gasteiger charge is 2.07. The van der Waals surface area contributed by atoms with Gasteiger partial charge in [-0.3, -0.25) is 0 Å². The van der Waals surface area contributed by atoms with Crippen LogP contribution in [0.4, 0.5) is 5.13 Å². The molecule has 1 rings (SSSR count). The lowest BCUT2D eigenvalue weighted by Crippen LogP contribution is -1.99. The Bertz CT molecular complexity index is 354. The van der Waals surface area contributed by atoms with E-state index in [2.05, 4.69) is 16.2 Å². The zero-order chi connectivity index (χ0) is 10.4. The van der Waals surface area contributed by atoms with E-state index in [9.17, 15) is 4.79 Å². The number of rotatable bonds is 5. The Hall–Kier alpha value is -1.54. The minimum absolute atomic E-state index is 0.240. The van der Waals surface area contributed by atoms with Crippen LogP contribution in [0.25, 0.3) is 0 Å². The topological polar surface area (TPSA) is 62.2 Å². The number of anilines is 1. The van der Waals surface area contributed by atoms with Crippen molar-refractivity contribution < 1.29 is 9.90 Å². The molecule has 4 nitrogen and oxygen atoms in total. The largest absolute Gasteiger partial charge is 0.477 e. The normalized spacial score (nSPS) is 9.36. The second-order valence-corrected chi connectivity index (χ2v) is 3.60. The predicted molar refractivity (Wildman–Crippen MR) is 55.6 cm³/mol. The zero-order valence-electron chi connectivity index (χ0n) is 7.49. The van der Waals surface area contributed by atoms with Gasteiger partial charge in [0.2, 0.25) is 0 Å². The molecular weight excluding hydrogens is 200 g/mol. The van der Waals surface area contributed by atoms with Gasteiger partial charge in [-0.1, -0.05) is 11.3 Å². The number of unbranched alkanes of at least 4 members (excludes halogenated alkanes) is 1. The number of thiazole rings is 1. The number of aromatic nitrogens is 1. The lowest BCUT2D eigenvalue weighted by atomic mass is 10.3. The van der Waals surface area contributed by atoms with Crippen molar-refractivity contribution in [1.29, 1.82) is 0 Å². The molecule has 1 aromatic rings. The molecule has 0 aliphatic rings. The van der Waals surface area contributed by atoms with Crippen LogP contribution < -0.4 is 5.32 Å². The van der Waals surface area contributed by atoms with Crippen molar-refractivity contribution in [2.45, 2.75) is 12.8 Å². The minimum atomic E-state index is -0.945. The second-order valence-electron chi connectivity index (χ2n) is 2.57. The molecule has 0 saturated carbocycles. The van der Waals surface area contributed by atoms with E-state index in [-0.39, 0.29) is 4.88 Å². The molecule has 2 N–H and O–H groups in total. The molecule has 0 aromatic carbocycles. The highest BCUT2D eigenvalue weighted by molar-refractivity contribution is 7.17. The molecule has 0 bridgehead atoms. The van der Waals surface area contributed by atoms with Gasteiger partial charge in [-0.25, -0.2) is 9.78 Å². The van der Waals surface area contributed by atoms with Gasteiger partial charge in [0.15, 0.2) is 5.13 Å². The summed E-state index contributed by atoms with van der Waals surface area (Å²) in [6.07, 6.45) is 8.00. The average Bonchev–Trinajstić information content (AvgIpc) is 2.61. The molecule has 0 spiro atoms. The highest BCUT2D eigenvalue weighted by atomic mass is 32.1. The fourth-order valence-corrected chi connectivity index (χ4v) is 1.52. The highest BCUT2D eigenvalue weighted by Crippen LogP contribution is 2.17. The predicted octanol–water partition coefficient (Wildman–Crippen LogP) is 1.67. The Labute approximate surface area is 86.0 Å². The van der Waals surface area contributed by atoms with E-state index in [0.717, 1.165) is 24.3 Å². The van der Waals surface area contributed by atoms with Crippen LogP contribution in [-0.4, -0.2) is 22.6 Å². The van der Waals surface area contributed by atoms with E-state index in [1.807, 2.05) is 0 Å². The third kappa shape index (κ3) is 3.07. The number of carboxylic acids is 1. The lowest BCUT2D eigenvalue weighted by Gasteiger charge is -1.98. The molecule has 0 saturated heterocycles. The Kier molecular flexibility index (Phi) is 3.95. The Balaban J connectivity index is 2.37. The van der Waals surface area contributed by atoms with Crippen molar-refractivity contribution in [1.82, 2.24) is 4.98 Å². The number of aromatic carboxylic acids is 1. The molecule has 74 valence electrons. The summed E-state index contributed by atoms with van der Waals surface area (Å²) in [5.41, 5.74) is 0. The van der Waals surface area contributed by atoms with Gasteiger partial charge in [-0.05, 0) is 6.42 Å². The van der Waals surface area contributed by atoms with Crippen molar-refractivity contribution in [3.8, 4) is 12.3 Å². The molecule has 0 amide bonds. The number of hydrogen-bond acceptors (Lipinski definition) is 4. The first-order chi connectivity index (χ1) is 6.74. The molecule has 14 heavy (non-hydrogen) atoms. The molecule has 5 heteroatoms. The number of terminal acetylenes is 1. The molecule has 0 unspecified atom stereocenters. The van der Waals surface area contributed by atoms with Gasteiger partial charge in [-0.2, -0.15) is 0 Å². The molecule has 0 radical (unpaired) electrons. The lowest BCUT2D eigenvalue weighted by molar-refractivity contribution is 0.0702. The number of carbonyl (C=O) groups is 1. The molecule has 1 heterocycles. The number of carboxylic acid groups (broad SMARTS) is 1. The van der Waals surface area contributed by atoms with E-state index >= 15 is 0 Å². The van der Waals surface area contributed by atoms with E-state index in [1.54, 1.807) is 0 Å². The fraction of sp³-hybridized carbons (Fsp3) is 0.333. The summed E-state index contributed by atoms with van der Waals surface area (Å²) in [5, 5.41) is 12.3. The molecule has 1 aromatic heterocycles. The quantitative estimate of drug-likeness (QED) is 0.573. The van der Waals surface area contributed by atoms with Crippen LogP contribution >= 0.6 is 11.3 Å². The fourth-order valence-electron chi connectivity index (χ4n) is 0.840. The van der Waals surface area contributed by atoms with Gasteiger partial charge in [0.25, 0.3) is 0 Å². The number of nitrogens with zero attached hydrogens (tertiary/aromatic N) is 1. The van der Waals surface area contributed by atoms with Gasteiger partial charge in [0, 0.05) is 13.0 Å². The summed E-state index contributed by atoms with van der Waals surface area (Å²) in [6, 6.07) is 0. The van der Waals surface area contributed by atoms with Gasteiger partial charge < -0.3 is 10.4 Å². The molecular formula is C9H10N2O2S. The maximum Gasteiger partial charge on any atom is 0.347 e. The van der Waals surface area contributed by atoms with E-state index in [4.69, 9.17) is 11.5 Å². The van der Waals surface area contributed by atoms with Gasteiger partial charge in [0.1, 0.15) is 4.88 Å². The summed E-state index contributed by atoms with van der Waals surface area (Å²) in [5.74, 6) is 1.58. The van der Waals surface area contributed by atoms with E-state index < -0.39 is 5.97 Å². The summed E-state index contributed by atoms with van der Waals surface area (Å²) >= 11 is 1.13. The van der Waals surface area contributed by atoms with Crippen molar-refractivity contribution >= 4 is 22.4 Å². The summed E-state index contributed by atoms with van der Waals surface area (Å²) < 4.78 is 0. The Morgan fingerprint density at radius 2 is 2.57 bits per heavy atom. The number of nitrogens with one attached hydrogen (secondary N) is 1. The van der Waals surface area contributed by atoms with Crippen molar-refractivity contribution in [3.63, 3.8) is 0 Å². The van der Waals surface area contributed by atoms with Gasteiger partial charge in [0.05, 0.1) is 6.20 Å². The maximum absolute atomic E-state index is 10.5. The molecule has 0 atom stereocenters. The second kappa shape index (κ2) is 5.25. The summed E-state index contributed by atoms with van der Waals surface area (Å²) in [6.45, 7) is 0.719. The first-order valence-electron chi connectivity index (χ1n) is 4.10. The number of hydrogen-bond donors (Lipinski definition) is 2.